The van der Waals surface area contributed by atoms with Crippen LogP contribution in [-0.2, 0) is 0 Å². The Kier molecular flexibility index (Phi) is 5.02. The Labute approximate surface area is 142 Å². The average Bonchev–Trinajstić information content (AvgIpc) is 3.10. The van der Waals surface area contributed by atoms with Gasteiger partial charge in [0, 0.05) is 30.8 Å². The number of nitro groups is 1. The molecule has 1 aliphatic carbocycles. The van der Waals surface area contributed by atoms with E-state index in [1.165, 1.54) is 12.5 Å². The number of hydrogen-bond acceptors (Lipinski definition) is 4. The van der Waals surface area contributed by atoms with E-state index in [4.69, 9.17) is 0 Å². The van der Waals surface area contributed by atoms with Gasteiger partial charge in [-0.1, -0.05) is 19.8 Å². The normalized spacial score (nSPS) is 24.0. The Balaban J connectivity index is 1.78. The van der Waals surface area contributed by atoms with Crippen LogP contribution in [0, 0.1) is 16.0 Å². The molecule has 1 saturated carbocycles. The predicted octanol–water partition coefficient (Wildman–Crippen LogP) is 3.50. The van der Waals surface area contributed by atoms with E-state index >= 15 is 0 Å². The molecule has 3 rings (SSSR count). The van der Waals surface area contributed by atoms with Gasteiger partial charge in [0.1, 0.15) is 5.69 Å². The van der Waals surface area contributed by atoms with Crippen LogP contribution in [0.4, 0.5) is 11.4 Å². The van der Waals surface area contributed by atoms with E-state index < -0.39 is 0 Å². The highest BCUT2D eigenvalue weighted by Crippen LogP contribution is 2.32. The number of hydrogen-bond donors (Lipinski definition) is 1. The number of nitrogens with zero attached hydrogens (tertiary/aromatic N) is 2. The maximum Gasteiger partial charge on any atom is 0.293 e. The topological polar surface area (TPSA) is 75.5 Å². The average molecular weight is 331 g/mol. The Morgan fingerprint density at radius 2 is 1.92 bits per heavy atom. The van der Waals surface area contributed by atoms with Crippen molar-refractivity contribution in [1.29, 1.82) is 0 Å². The Morgan fingerprint density at radius 3 is 2.58 bits per heavy atom. The standard InChI is InChI=1S/C18H25N3O3/c1-13-6-2-3-7-15(13)19-18(22)14-8-9-16(17(12-14)21(23)24)20-10-4-5-11-20/h8-9,12-13,15H,2-7,10-11H2,1H3,(H,19,22). The van der Waals surface area contributed by atoms with Crippen LogP contribution < -0.4 is 10.2 Å². The molecule has 1 amide bonds. The summed E-state index contributed by atoms with van der Waals surface area (Å²) in [4.78, 5) is 25.6. The molecule has 0 radical (unpaired) electrons. The van der Waals surface area contributed by atoms with Crippen molar-refractivity contribution in [3.05, 3.63) is 33.9 Å². The maximum atomic E-state index is 12.5. The first-order chi connectivity index (χ1) is 11.6. The molecule has 2 atom stereocenters. The van der Waals surface area contributed by atoms with Gasteiger partial charge in [-0.25, -0.2) is 0 Å². The molecule has 1 saturated heterocycles. The molecule has 2 fully saturated rings. The van der Waals surface area contributed by atoms with Crippen LogP contribution in [0.5, 0.6) is 0 Å². The quantitative estimate of drug-likeness (QED) is 0.677. The van der Waals surface area contributed by atoms with Gasteiger partial charge in [0.15, 0.2) is 0 Å². The lowest BCUT2D eigenvalue weighted by Crippen LogP contribution is -2.41. The number of carbonyl (C=O) groups excluding carboxylic acids is 1. The number of nitrogens with one attached hydrogen (secondary N) is 1. The van der Waals surface area contributed by atoms with Crippen LogP contribution in [0.2, 0.25) is 0 Å². The van der Waals surface area contributed by atoms with Crippen LogP contribution >= 0.6 is 0 Å². The molecular weight excluding hydrogens is 306 g/mol. The third-order valence-corrected chi connectivity index (χ3v) is 5.31. The first kappa shape index (κ1) is 16.7. The minimum Gasteiger partial charge on any atom is -0.366 e. The maximum absolute atomic E-state index is 12.5. The summed E-state index contributed by atoms with van der Waals surface area (Å²) >= 11 is 0. The molecule has 1 aromatic carbocycles. The lowest BCUT2D eigenvalue weighted by Gasteiger charge is -2.29. The van der Waals surface area contributed by atoms with E-state index in [2.05, 4.69) is 12.2 Å². The molecule has 1 aliphatic heterocycles. The van der Waals surface area contributed by atoms with Gasteiger partial charge in [0.25, 0.3) is 11.6 Å². The van der Waals surface area contributed by atoms with Gasteiger partial charge < -0.3 is 10.2 Å². The van der Waals surface area contributed by atoms with E-state index in [0.717, 1.165) is 45.2 Å². The van der Waals surface area contributed by atoms with Crippen LogP contribution in [0.1, 0.15) is 55.8 Å². The van der Waals surface area contributed by atoms with Crippen molar-refractivity contribution in [2.24, 2.45) is 5.92 Å². The molecule has 1 heterocycles. The zero-order chi connectivity index (χ0) is 17.1. The molecule has 0 bridgehead atoms. The molecule has 6 heteroatoms. The second-order valence-electron chi connectivity index (χ2n) is 7.00. The lowest BCUT2D eigenvalue weighted by molar-refractivity contribution is -0.384. The van der Waals surface area contributed by atoms with Crippen molar-refractivity contribution in [3.8, 4) is 0 Å². The van der Waals surface area contributed by atoms with Gasteiger partial charge in [-0.3, -0.25) is 14.9 Å². The second kappa shape index (κ2) is 7.20. The molecule has 1 N–H and O–H groups in total. The SMILES string of the molecule is CC1CCCCC1NC(=O)c1ccc(N2CCCC2)c([N+](=O)[O-])c1. The summed E-state index contributed by atoms with van der Waals surface area (Å²) < 4.78 is 0. The fourth-order valence-corrected chi connectivity index (χ4v) is 3.82. The van der Waals surface area contributed by atoms with Gasteiger partial charge in [-0.15, -0.1) is 0 Å². The largest absolute Gasteiger partial charge is 0.366 e. The van der Waals surface area contributed by atoms with Gasteiger partial charge >= 0.3 is 0 Å². The van der Waals surface area contributed by atoms with E-state index in [9.17, 15) is 14.9 Å². The van der Waals surface area contributed by atoms with Crippen molar-refractivity contribution in [3.63, 3.8) is 0 Å². The van der Waals surface area contributed by atoms with Gasteiger partial charge in [0.05, 0.1) is 4.92 Å². The smallest absolute Gasteiger partial charge is 0.293 e. The summed E-state index contributed by atoms with van der Waals surface area (Å²) in [6, 6.07) is 5.03. The van der Waals surface area contributed by atoms with Gasteiger partial charge in [-0.2, -0.15) is 0 Å². The highest BCUT2D eigenvalue weighted by atomic mass is 16.6. The molecule has 2 unspecified atom stereocenters. The van der Waals surface area contributed by atoms with Crippen molar-refractivity contribution < 1.29 is 9.72 Å². The highest BCUT2D eigenvalue weighted by molar-refractivity contribution is 5.96. The molecule has 6 nitrogen and oxygen atoms in total. The Morgan fingerprint density at radius 1 is 1.21 bits per heavy atom. The number of amides is 1. The number of anilines is 1. The summed E-state index contributed by atoms with van der Waals surface area (Å²) in [7, 11) is 0. The van der Waals surface area contributed by atoms with Crippen molar-refractivity contribution >= 4 is 17.3 Å². The predicted molar refractivity (Wildman–Crippen MR) is 93.4 cm³/mol. The van der Waals surface area contributed by atoms with E-state index in [0.29, 0.717) is 17.2 Å². The van der Waals surface area contributed by atoms with E-state index in [-0.39, 0.29) is 22.6 Å². The van der Waals surface area contributed by atoms with E-state index in [1.54, 1.807) is 12.1 Å². The molecular formula is C18H25N3O3. The minimum atomic E-state index is -0.381. The fraction of sp³-hybridized carbons (Fsp3) is 0.611. The summed E-state index contributed by atoms with van der Waals surface area (Å²) in [5.74, 6) is 0.256. The molecule has 2 aliphatic rings. The summed E-state index contributed by atoms with van der Waals surface area (Å²) in [5, 5.41) is 14.5. The molecule has 0 aromatic heterocycles. The van der Waals surface area contributed by atoms with Gasteiger partial charge in [0.2, 0.25) is 0 Å². The summed E-state index contributed by atoms with van der Waals surface area (Å²) in [6.07, 6.45) is 6.56. The van der Waals surface area contributed by atoms with Crippen LogP contribution in [0.15, 0.2) is 18.2 Å². The van der Waals surface area contributed by atoms with Crippen molar-refractivity contribution in [1.82, 2.24) is 5.32 Å². The van der Waals surface area contributed by atoms with Crippen molar-refractivity contribution in [2.45, 2.75) is 51.5 Å². The van der Waals surface area contributed by atoms with Crippen LogP contribution in [-0.4, -0.2) is 30.0 Å². The number of carbonyl (C=O) groups is 1. The van der Waals surface area contributed by atoms with Crippen molar-refractivity contribution in [2.75, 3.05) is 18.0 Å². The lowest BCUT2D eigenvalue weighted by atomic mass is 9.86. The molecule has 24 heavy (non-hydrogen) atoms. The summed E-state index contributed by atoms with van der Waals surface area (Å²) in [5.41, 5.74) is 1.03. The van der Waals surface area contributed by atoms with Crippen LogP contribution in [0.25, 0.3) is 0 Å². The van der Waals surface area contributed by atoms with Gasteiger partial charge in [-0.05, 0) is 43.7 Å². The number of rotatable bonds is 4. The number of benzene rings is 1. The highest BCUT2D eigenvalue weighted by Gasteiger charge is 2.26. The first-order valence-corrected chi connectivity index (χ1v) is 8.90. The zero-order valence-electron chi connectivity index (χ0n) is 14.2. The zero-order valence-corrected chi connectivity index (χ0v) is 14.2. The molecule has 130 valence electrons. The van der Waals surface area contributed by atoms with E-state index in [1.807, 2.05) is 4.90 Å². The molecule has 0 spiro atoms. The third kappa shape index (κ3) is 3.52. The van der Waals surface area contributed by atoms with Crippen LogP contribution in [0.3, 0.4) is 0 Å². The monoisotopic (exact) mass is 331 g/mol. The Bertz CT molecular complexity index is 626. The molecule has 1 aromatic rings. The Hall–Kier alpha value is -2.11. The summed E-state index contributed by atoms with van der Waals surface area (Å²) in [6.45, 7) is 3.83. The first-order valence-electron chi connectivity index (χ1n) is 8.90. The fourth-order valence-electron chi connectivity index (χ4n) is 3.82. The number of nitro benzene ring substituents is 1. The minimum absolute atomic E-state index is 0.0289. The second-order valence-corrected chi connectivity index (χ2v) is 7.00. The third-order valence-electron chi connectivity index (χ3n) is 5.31.